The number of imide groups is 1. The molecule has 2 rings (SSSR count). The summed E-state index contributed by atoms with van der Waals surface area (Å²) in [5.41, 5.74) is 0.417. The molecule has 0 saturated carbocycles. The Labute approximate surface area is 169 Å². The number of nitrogens with zero attached hydrogens (tertiary/aromatic N) is 1. The highest BCUT2D eigenvalue weighted by atomic mass is 32.2. The molecule has 0 unspecified atom stereocenters. The highest BCUT2D eigenvalue weighted by Gasteiger charge is 2.21. The number of anilines is 1. The number of ether oxygens (including phenoxy) is 2. The topological polar surface area (TPSA) is 114 Å². The number of sulfonamides is 1. The number of rotatable bonds is 8. The minimum absolute atomic E-state index is 0.128. The van der Waals surface area contributed by atoms with Crippen LogP contribution in [-0.4, -0.2) is 47.7 Å². The number of urea groups is 1. The fourth-order valence-electron chi connectivity index (χ4n) is 2.31. The SMILES string of the molecule is CCNC(=O)NC(=O)COc1ccc(N(C)S(=O)(=O)c2ccc(OC)cc2)cc1. The summed E-state index contributed by atoms with van der Waals surface area (Å²) >= 11 is 0. The highest BCUT2D eigenvalue weighted by Crippen LogP contribution is 2.25. The van der Waals surface area contributed by atoms with Crippen LogP contribution in [0.4, 0.5) is 10.5 Å². The van der Waals surface area contributed by atoms with Gasteiger partial charge < -0.3 is 14.8 Å². The summed E-state index contributed by atoms with van der Waals surface area (Å²) in [4.78, 5) is 23.0. The van der Waals surface area contributed by atoms with Gasteiger partial charge in [-0.15, -0.1) is 0 Å². The van der Waals surface area contributed by atoms with Crippen LogP contribution < -0.4 is 24.4 Å². The number of hydrogen-bond acceptors (Lipinski definition) is 6. The summed E-state index contributed by atoms with van der Waals surface area (Å²) in [6.45, 7) is 1.78. The molecule has 0 saturated heterocycles. The molecule has 10 heteroatoms. The van der Waals surface area contributed by atoms with Crippen LogP contribution in [0.15, 0.2) is 53.4 Å². The average molecular weight is 421 g/mol. The zero-order valence-corrected chi connectivity index (χ0v) is 17.2. The Bertz CT molecular complexity index is 943. The lowest BCUT2D eigenvalue weighted by Crippen LogP contribution is -2.41. The first kappa shape index (κ1) is 22.0. The van der Waals surface area contributed by atoms with E-state index in [0.29, 0.717) is 23.7 Å². The Morgan fingerprint density at radius 3 is 2.14 bits per heavy atom. The maximum atomic E-state index is 12.8. The van der Waals surface area contributed by atoms with Crippen molar-refractivity contribution in [2.45, 2.75) is 11.8 Å². The molecule has 0 heterocycles. The van der Waals surface area contributed by atoms with Crippen LogP contribution >= 0.6 is 0 Å². The third kappa shape index (κ3) is 5.85. The van der Waals surface area contributed by atoms with Gasteiger partial charge >= 0.3 is 6.03 Å². The lowest BCUT2D eigenvalue weighted by molar-refractivity contribution is -0.122. The molecule has 0 atom stereocenters. The van der Waals surface area contributed by atoms with Gasteiger partial charge in [0.15, 0.2) is 6.61 Å². The van der Waals surface area contributed by atoms with E-state index < -0.39 is 22.0 Å². The molecule has 0 aliphatic heterocycles. The summed E-state index contributed by atoms with van der Waals surface area (Å²) in [5, 5.41) is 4.55. The van der Waals surface area contributed by atoms with E-state index in [2.05, 4.69) is 10.6 Å². The van der Waals surface area contributed by atoms with Crippen molar-refractivity contribution in [3.8, 4) is 11.5 Å². The van der Waals surface area contributed by atoms with Gasteiger partial charge in [-0.2, -0.15) is 0 Å². The van der Waals surface area contributed by atoms with Gasteiger partial charge in [0.25, 0.3) is 15.9 Å². The predicted octanol–water partition coefficient (Wildman–Crippen LogP) is 1.74. The molecule has 0 bridgehead atoms. The zero-order valence-electron chi connectivity index (χ0n) is 16.3. The minimum atomic E-state index is -3.75. The fraction of sp³-hybridized carbons (Fsp3) is 0.263. The lowest BCUT2D eigenvalue weighted by Gasteiger charge is -2.20. The van der Waals surface area contributed by atoms with E-state index in [-0.39, 0.29) is 11.5 Å². The van der Waals surface area contributed by atoms with E-state index in [0.717, 1.165) is 4.31 Å². The number of hydrogen-bond donors (Lipinski definition) is 2. The van der Waals surface area contributed by atoms with Crippen LogP contribution in [-0.2, 0) is 14.8 Å². The molecule has 0 aliphatic carbocycles. The van der Waals surface area contributed by atoms with Gasteiger partial charge in [0.05, 0.1) is 17.7 Å². The second kappa shape index (κ2) is 9.78. The molecule has 0 radical (unpaired) electrons. The molecule has 0 fully saturated rings. The summed E-state index contributed by atoms with van der Waals surface area (Å²) in [5.74, 6) is 0.318. The van der Waals surface area contributed by atoms with Gasteiger partial charge in [-0.3, -0.25) is 14.4 Å². The molecular weight excluding hydrogens is 398 g/mol. The molecule has 9 nitrogen and oxygen atoms in total. The van der Waals surface area contributed by atoms with Gasteiger partial charge in [-0.05, 0) is 55.5 Å². The predicted molar refractivity (Wildman–Crippen MR) is 108 cm³/mol. The van der Waals surface area contributed by atoms with E-state index >= 15 is 0 Å². The van der Waals surface area contributed by atoms with Gasteiger partial charge in [0, 0.05) is 13.6 Å². The second-order valence-electron chi connectivity index (χ2n) is 5.84. The molecule has 0 aliphatic rings. The number of methoxy groups -OCH3 is 1. The fourth-order valence-corrected chi connectivity index (χ4v) is 3.51. The summed E-state index contributed by atoms with van der Waals surface area (Å²) < 4.78 is 37.0. The third-order valence-electron chi connectivity index (χ3n) is 3.88. The summed E-state index contributed by atoms with van der Waals surface area (Å²) in [6.07, 6.45) is 0. The van der Waals surface area contributed by atoms with Crippen LogP contribution in [0, 0.1) is 0 Å². The van der Waals surface area contributed by atoms with E-state index in [1.165, 1.54) is 38.4 Å². The number of carbonyl (C=O) groups excluding carboxylic acids is 2. The number of nitrogens with one attached hydrogen (secondary N) is 2. The van der Waals surface area contributed by atoms with Gasteiger partial charge in [-0.25, -0.2) is 13.2 Å². The Kier molecular flexibility index (Phi) is 7.43. The molecule has 2 aromatic rings. The van der Waals surface area contributed by atoms with Crippen LogP contribution in [0.3, 0.4) is 0 Å². The minimum Gasteiger partial charge on any atom is -0.497 e. The molecule has 29 heavy (non-hydrogen) atoms. The molecule has 0 aromatic heterocycles. The Morgan fingerprint density at radius 2 is 1.59 bits per heavy atom. The van der Waals surface area contributed by atoms with Gasteiger partial charge in [-0.1, -0.05) is 0 Å². The standard InChI is InChI=1S/C19H23N3O6S/c1-4-20-19(24)21-18(23)13-28-16-7-5-14(6-8-16)22(2)29(25,26)17-11-9-15(27-3)10-12-17/h5-12H,4,13H2,1-3H3,(H2,20,21,23,24). The van der Waals surface area contributed by atoms with Crippen LogP contribution in [0.2, 0.25) is 0 Å². The quantitative estimate of drug-likeness (QED) is 0.671. The summed E-state index contributed by atoms with van der Waals surface area (Å²) in [7, 11) is -0.804. The van der Waals surface area contributed by atoms with Gasteiger partial charge in [0.1, 0.15) is 11.5 Å². The van der Waals surface area contributed by atoms with Crippen LogP contribution in [0.5, 0.6) is 11.5 Å². The number of carbonyl (C=O) groups is 2. The Hall–Kier alpha value is -3.27. The van der Waals surface area contributed by atoms with Crippen molar-refractivity contribution in [2.24, 2.45) is 0 Å². The number of benzene rings is 2. The van der Waals surface area contributed by atoms with Crippen molar-refractivity contribution >= 4 is 27.6 Å². The number of amides is 3. The maximum absolute atomic E-state index is 12.8. The highest BCUT2D eigenvalue weighted by molar-refractivity contribution is 7.92. The second-order valence-corrected chi connectivity index (χ2v) is 7.81. The van der Waals surface area contributed by atoms with E-state index in [9.17, 15) is 18.0 Å². The molecule has 156 valence electrons. The Morgan fingerprint density at radius 1 is 1.00 bits per heavy atom. The van der Waals surface area contributed by atoms with E-state index in [1.807, 2.05) is 0 Å². The van der Waals surface area contributed by atoms with E-state index in [4.69, 9.17) is 9.47 Å². The van der Waals surface area contributed by atoms with Crippen molar-refractivity contribution in [3.63, 3.8) is 0 Å². The van der Waals surface area contributed by atoms with Crippen molar-refractivity contribution in [1.29, 1.82) is 0 Å². The Balaban J connectivity index is 2.01. The molecular formula is C19H23N3O6S. The largest absolute Gasteiger partial charge is 0.497 e. The molecule has 2 N–H and O–H groups in total. The lowest BCUT2D eigenvalue weighted by atomic mass is 10.3. The third-order valence-corrected chi connectivity index (χ3v) is 5.68. The van der Waals surface area contributed by atoms with E-state index in [1.54, 1.807) is 31.2 Å². The maximum Gasteiger partial charge on any atom is 0.321 e. The molecule has 2 aromatic carbocycles. The monoisotopic (exact) mass is 421 g/mol. The molecule has 3 amide bonds. The normalized spacial score (nSPS) is 10.7. The van der Waals surface area contributed by atoms with Crippen molar-refractivity contribution in [1.82, 2.24) is 10.6 Å². The van der Waals surface area contributed by atoms with Crippen LogP contribution in [0.1, 0.15) is 6.92 Å². The van der Waals surface area contributed by atoms with Crippen LogP contribution in [0.25, 0.3) is 0 Å². The van der Waals surface area contributed by atoms with Crippen molar-refractivity contribution in [3.05, 3.63) is 48.5 Å². The van der Waals surface area contributed by atoms with Gasteiger partial charge in [0.2, 0.25) is 0 Å². The van der Waals surface area contributed by atoms with Crippen molar-refractivity contribution in [2.75, 3.05) is 31.6 Å². The first-order valence-corrected chi connectivity index (χ1v) is 10.2. The average Bonchev–Trinajstić information content (AvgIpc) is 2.72. The first-order chi connectivity index (χ1) is 13.8. The zero-order chi connectivity index (χ0) is 21.4. The first-order valence-electron chi connectivity index (χ1n) is 8.71. The molecule has 0 spiro atoms. The summed E-state index contributed by atoms with van der Waals surface area (Å²) in [6, 6.07) is 11.7. The van der Waals surface area contributed by atoms with Crippen molar-refractivity contribution < 1.29 is 27.5 Å². The smallest absolute Gasteiger partial charge is 0.321 e.